The minimum Gasteiger partial charge on any atom is -0.508 e. The highest BCUT2D eigenvalue weighted by Gasteiger charge is 2.44. The second kappa shape index (κ2) is 11.2. The van der Waals surface area contributed by atoms with Gasteiger partial charge in [0.2, 0.25) is 0 Å². The number of rotatable bonds is 6. The van der Waals surface area contributed by atoms with Crippen molar-refractivity contribution in [1.82, 2.24) is 23.5 Å². The summed E-state index contributed by atoms with van der Waals surface area (Å²) in [5, 5.41) is 10.2. The van der Waals surface area contributed by atoms with Crippen molar-refractivity contribution >= 4 is 22.6 Å². The first kappa shape index (κ1) is 30.9. The molecule has 0 fully saturated rings. The minimum atomic E-state index is -0.713. The standard InChI is InChI=1S/C35H33N5O8/c1-17-12-19(6-7-26(17)41)30-20-8-11-39-34(45)38(35(46)40(39)24(20)14-21-31(30)27(42)13-18(2)32(21)43)10-9-22-33(44)37(3)25-16-29(48-5)28(47-4)15-23(25)36-22/h6-8,12-13,15-16,24,30,41H,9-11,14H2,1-5H3/t24-,30+/m1/s1. The van der Waals surface area contributed by atoms with Crippen LogP contribution in [-0.4, -0.2) is 54.4 Å². The van der Waals surface area contributed by atoms with E-state index in [1.54, 1.807) is 51.2 Å². The number of phenols is 1. The van der Waals surface area contributed by atoms with Gasteiger partial charge in [0.15, 0.2) is 23.1 Å². The summed E-state index contributed by atoms with van der Waals surface area (Å²) in [5.41, 5.74) is 2.65. The summed E-state index contributed by atoms with van der Waals surface area (Å²) in [4.78, 5) is 72.6. The van der Waals surface area contributed by atoms with Crippen LogP contribution in [0.25, 0.3) is 11.0 Å². The molecule has 2 atom stereocenters. The molecule has 1 N–H and O–H groups in total. The van der Waals surface area contributed by atoms with E-state index in [2.05, 4.69) is 4.98 Å². The van der Waals surface area contributed by atoms with Crippen molar-refractivity contribution < 1.29 is 24.2 Å². The Morgan fingerprint density at radius 1 is 0.979 bits per heavy atom. The van der Waals surface area contributed by atoms with Gasteiger partial charge in [-0.25, -0.2) is 28.5 Å². The number of hydrogen-bond donors (Lipinski definition) is 1. The predicted molar refractivity (Wildman–Crippen MR) is 175 cm³/mol. The number of aromatic nitrogens is 5. The third-order valence-electron chi connectivity index (χ3n) is 9.68. The molecule has 246 valence electrons. The van der Waals surface area contributed by atoms with Crippen LogP contribution in [-0.2, 0) is 36.1 Å². The Balaban J connectivity index is 1.29. The summed E-state index contributed by atoms with van der Waals surface area (Å²) in [5.74, 6) is -0.223. The van der Waals surface area contributed by atoms with Crippen LogP contribution in [0.15, 0.2) is 79.2 Å². The number of ether oxygens (including phenoxy) is 2. The molecule has 3 aliphatic rings. The maximum Gasteiger partial charge on any atom is 0.347 e. The van der Waals surface area contributed by atoms with Crippen LogP contribution in [0.3, 0.4) is 0 Å². The molecule has 7 rings (SSSR count). The number of methoxy groups -OCH3 is 2. The zero-order chi connectivity index (χ0) is 34.2. The first-order valence-corrected chi connectivity index (χ1v) is 15.5. The highest BCUT2D eigenvalue weighted by atomic mass is 16.5. The molecule has 2 aliphatic carbocycles. The maximum absolute atomic E-state index is 14.1. The number of fused-ring (bicyclic) bond motifs is 4. The average molecular weight is 652 g/mol. The molecule has 0 saturated carbocycles. The lowest BCUT2D eigenvalue weighted by Crippen LogP contribution is -2.40. The molecule has 0 unspecified atom stereocenters. The van der Waals surface area contributed by atoms with E-state index in [0.29, 0.717) is 50.4 Å². The Kier molecular flexibility index (Phi) is 7.22. The Hall–Kier alpha value is -5.72. The Labute approximate surface area is 273 Å². The van der Waals surface area contributed by atoms with Crippen LogP contribution in [0.1, 0.15) is 42.1 Å². The summed E-state index contributed by atoms with van der Waals surface area (Å²) in [6.45, 7) is 3.29. The van der Waals surface area contributed by atoms with Crippen LogP contribution >= 0.6 is 0 Å². The number of aryl methyl sites for hydroxylation is 3. The van der Waals surface area contributed by atoms with Gasteiger partial charge in [-0.05, 0) is 42.7 Å². The fraction of sp³-hybridized carbons (Fsp3) is 0.314. The van der Waals surface area contributed by atoms with E-state index in [1.165, 1.54) is 34.2 Å². The van der Waals surface area contributed by atoms with Crippen molar-refractivity contribution in [3.63, 3.8) is 0 Å². The highest BCUT2D eigenvalue weighted by Crippen LogP contribution is 2.50. The molecule has 0 radical (unpaired) electrons. The second-order valence-electron chi connectivity index (χ2n) is 12.3. The summed E-state index contributed by atoms with van der Waals surface area (Å²) in [6, 6.07) is 7.64. The van der Waals surface area contributed by atoms with E-state index in [0.717, 1.165) is 10.1 Å². The van der Waals surface area contributed by atoms with E-state index < -0.39 is 23.3 Å². The number of ketones is 2. The fourth-order valence-electron chi connectivity index (χ4n) is 7.22. The monoisotopic (exact) mass is 651 g/mol. The highest BCUT2D eigenvalue weighted by molar-refractivity contribution is 6.23. The van der Waals surface area contributed by atoms with E-state index in [1.807, 2.05) is 6.08 Å². The molecule has 2 aromatic heterocycles. The van der Waals surface area contributed by atoms with E-state index in [4.69, 9.17) is 9.47 Å². The van der Waals surface area contributed by atoms with Crippen molar-refractivity contribution in [1.29, 1.82) is 0 Å². The number of allylic oxidation sites excluding steroid dienone is 6. The lowest BCUT2D eigenvalue weighted by molar-refractivity contribution is -0.116. The molecule has 0 saturated heterocycles. The Morgan fingerprint density at radius 3 is 2.42 bits per heavy atom. The summed E-state index contributed by atoms with van der Waals surface area (Å²) in [7, 11) is 4.61. The largest absolute Gasteiger partial charge is 0.508 e. The lowest BCUT2D eigenvalue weighted by Gasteiger charge is -2.39. The predicted octanol–water partition coefficient (Wildman–Crippen LogP) is 2.40. The number of carbonyl (C=O) groups excluding carboxylic acids is 2. The fourth-order valence-corrected chi connectivity index (χ4v) is 7.22. The molecule has 2 aromatic carbocycles. The molecule has 13 nitrogen and oxygen atoms in total. The van der Waals surface area contributed by atoms with Crippen molar-refractivity contribution in [2.75, 3.05) is 14.2 Å². The zero-order valence-corrected chi connectivity index (χ0v) is 27.1. The number of aromatic hydroxyl groups is 1. The molecule has 13 heteroatoms. The van der Waals surface area contributed by atoms with Gasteiger partial charge in [-0.1, -0.05) is 18.2 Å². The van der Waals surface area contributed by atoms with Crippen molar-refractivity contribution in [2.24, 2.45) is 7.05 Å². The van der Waals surface area contributed by atoms with Gasteiger partial charge in [-0.2, -0.15) is 0 Å². The van der Waals surface area contributed by atoms with Gasteiger partial charge in [0, 0.05) is 61.2 Å². The van der Waals surface area contributed by atoms with Gasteiger partial charge < -0.3 is 19.1 Å². The number of hydrogen-bond acceptors (Lipinski definition) is 9. The molecule has 0 spiro atoms. The average Bonchev–Trinajstić information content (AvgIpc) is 3.32. The summed E-state index contributed by atoms with van der Waals surface area (Å²) in [6.07, 6.45) is 3.26. The van der Waals surface area contributed by atoms with Gasteiger partial charge in [-0.3, -0.25) is 14.4 Å². The molecule has 0 bridgehead atoms. The normalized spacial score (nSPS) is 18.7. The Bertz CT molecular complexity index is 2380. The summed E-state index contributed by atoms with van der Waals surface area (Å²) >= 11 is 0. The molecule has 3 heterocycles. The Morgan fingerprint density at radius 2 is 1.71 bits per heavy atom. The smallest absolute Gasteiger partial charge is 0.347 e. The van der Waals surface area contributed by atoms with E-state index in [-0.39, 0.29) is 54.5 Å². The van der Waals surface area contributed by atoms with Gasteiger partial charge in [0.05, 0.1) is 37.8 Å². The minimum absolute atomic E-state index is 0.00274. The van der Waals surface area contributed by atoms with Gasteiger partial charge in [-0.15, -0.1) is 0 Å². The molecule has 0 amide bonds. The summed E-state index contributed by atoms with van der Waals surface area (Å²) < 4.78 is 16.0. The van der Waals surface area contributed by atoms with Gasteiger partial charge in [0.25, 0.3) is 5.56 Å². The van der Waals surface area contributed by atoms with Crippen molar-refractivity contribution in [2.45, 2.75) is 51.7 Å². The lowest BCUT2D eigenvalue weighted by atomic mass is 9.68. The molecular formula is C35H33N5O8. The topological polar surface area (TPSA) is 157 Å². The van der Waals surface area contributed by atoms with Crippen LogP contribution in [0.5, 0.6) is 17.2 Å². The van der Waals surface area contributed by atoms with Crippen LogP contribution in [0.4, 0.5) is 0 Å². The molecular weight excluding hydrogens is 618 g/mol. The van der Waals surface area contributed by atoms with Crippen LogP contribution in [0.2, 0.25) is 0 Å². The first-order valence-electron chi connectivity index (χ1n) is 15.5. The molecule has 4 aromatic rings. The van der Waals surface area contributed by atoms with Crippen LogP contribution in [0, 0.1) is 6.92 Å². The number of nitrogens with zero attached hydrogens (tertiary/aromatic N) is 5. The second-order valence-corrected chi connectivity index (χ2v) is 12.3. The van der Waals surface area contributed by atoms with Gasteiger partial charge in [0.1, 0.15) is 11.4 Å². The zero-order valence-electron chi connectivity index (χ0n) is 27.1. The number of benzene rings is 2. The quantitative estimate of drug-likeness (QED) is 0.244. The molecule has 1 aliphatic heterocycles. The van der Waals surface area contributed by atoms with Crippen LogP contribution < -0.4 is 26.4 Å². The number of Topliss-reactive ketones (excluding diaryl/α,β-unsaturated/α-hetero) is 1. The van der Waals surface area contributed by atoms with Crippen molar-refractivity contribution in [3.8, 4) is 17.2 Å². The first-order chi connectivity index (χ1) is 22.9. The third-order valence-corrected chi connectivity index (χ3v) is 9.68. The van der Waals surface area contributed by atoms with E-state index in [9.17, 15) is 29.1 Å². The number of carbonyl (C=O) groups is 2. The third kappa shape index (κ3) is 4.52. The maximum atomic E-state index is 14.1. The number of phenolic OH excluding ortho intramolecular Hbond substituents is 1. The van der Waals surface area contributed by atoms with Gasteiger partial charge >= 0.3 is 11.4 Å². The van der Waals surface area contributed by atoms with E-state index >= 15 is 0 Å². The molecule has 48 heavy (non-hydrogen) atoms. The SMILES string of the molecule is COc1cc2nc(CCn3c(=O)n4n(c3=O)[C@@H]3CC5=C(C(=O)C=C(C)C5=O)[C@@H](c5ccc(O)c(C)c5)C3=CC4)c(=O)n(C)c2cc1OC. The van der Waals surface area contributed by atoms with Crippen molar-refractivity contribution in [3.05, 3.63) is 113 Å².